The first-order valence-corrected chi connectivity index (χ1v) is 8.52. The summed E-state index contributed by atoms with van der Waals surface area (Å²) in [7, 11) is 0. The molecule has 0 spiro atoms. The second-order valence-electron chi connectivity index (χ2n) is 8.30. The highest BCUT2D eigenvalue weighted by Crippen LogP contribution is 2.39. The van der Waals surface area contributed by atoms with Crippen molar-refractivity contribution in [3.05, 3.63) is 28.8 Å². The van der Waals surface area contributed by atoms with E-state index in [9.17, 15) is 5.11 Å². The number of hydrogen-bond donors (Lipinski definition) is 1. The van der Waals surface area contributed by atoms with Crippen LogP contribution in [0.1, 0.15) is 84.4 Å². The smallest absolute Gasteiger partial charge is 0.123 e. The summed E-state index contributed by atoms with van der Waals surface area (Å²) in [6.07, 6.45) is 3.55. The lowest BCUT2D eigenvalue weighted by Crippen LogP contribution is -2.18. The molecular formula is C20H34O2. The van der Waals surface area contributed by atoms with Gasteiger partial charge in [-0.2, -0.15) is 0 Å². The third kappa shape index (κ3) is 5.31. The largest absolute Gasteiger partial charge is 0.507 e. The summed E-state index contributed by atoms with van der Waals surface area (Å²) in [5, 5.41) is 10.7. The molecule has 0 amide bonds. The molecule has 0 heterocycles. The Morgan fingerprint density at radius 2 is 1.41 bits per heavy atom. The predicted molar refractivity (Wildman–Crippen MR) is 94.7 cm³/mol. The Morgan fingerprint density at radius 1 is 0.909 bits per heavy atom. The van der Waals surface area contributed by atoms with Crippen molar-refractivity contribution in [3.63, 3.8) is 0 Å². The van der Waals surface area contributed by atoms with E-state index < -0.39 is 0 Å². The van der Waals surface area contributed by atoms with Gasteiger partial charge in [0.2, 0.25) is 0 Å². The van der Waals surface area contributed by atoms with Crippen LogP contribution in [-0.2, 0) is 22.2 Å². The topological polar surface area (TPSA) is 29.5 Å². The Balaban J connectivity index is 3.03. The lowest BCUT2D eigenvalue weighted by molar-refractivity contribution is 0.117. The van der Waals surface area contributed by atoms with Gasteiger partial charge in [-0.3, -0.25) is 0 Å². The highest BCUT2D eigenvalue weighted by molar-refractivity contribution is 5.49. The van der Waals surface area contributed by atoms with E-state index in [1.807, 2.05) is 0 Å². The zero-order valence-electron chi connectivity index (χ0n) is 15.5. The monoisotopic (exact) mass is 306 g/mol. The molecule has 1 aromatic carbocycles. The van der Waals surface area contributed by atoms with Crippen LogP contribution in [0.25, 0.3) is 0 Å². The molecule has 2 heteroatoms. The number of unbranched alkanes of at least 4 members (excludes halogenated alkanes) is 2. The second kappa shape index (κ2) is 7.50. The zero-order chi connectivity index (χ0) is 17.0. The highest BCUT2D eigenvalue weighted by atomic mass is 16.5. The van der Waals surface area contributed by atoms with E-state index in [0.717, 1.165) is 29.7 Å². The average molecular weight is 306 g/mol. The number of ether oxygens (including phenoxy) is 1. The van der Waals surface area contributed by atoms with Crippen LogP contribution < -0.4 is 0 Å². The Labute approximate surface area is 136 Å². The van der Waals surface area contributed by atoms with Crippen LogP contribution in [-0.4, -0.2) is 11.7 Å². The molecule has 1 aromatic rings. The van der Waals surface area contributed by atoms with Crippen molar-refractivity contribution in [2.24, 2.45) is 0 Å². The molecule has 0 aliphatic heterocycles. The molecule has 0 atom stereocenters. The predicted octanol–water partition coefficient (Wildman–Crippen LogP) is 5.69. The minimum absolute atomic E-state index is 0.0810. The number of hydrogen-bond acceptors (Lipinski definition) is 2. The molecule has 126 valence electrons. The van der Waals surface area contributed by atoms with Crippen molar-refractivity contribution in [1.82, 2.24) is 0 Å². The fraction of sp³-hybridized carbons (Fsp3) is 0.700. The Bertz CT molecular complexity index is 440. The van der Waals surface area contributed by atoms with Crippen molar-refractivity contribution in [3.8, 4) is 5.75 Å². The van der Waals surface area contributed by atoms with Gasteiger partial charge in [-0.1, -0.05) is 61.3 Å². The Kier molecular flexibility index (Phi) is 6.49. The quantitative estimate of drug-likeness (QED) is 0.684. The van der Waals surface area contributed by atoms with Gasteiger partial charge in [0.05, 0.1) is 6.61 Å². The standard InChI is InChI=1S/C20H34O2/c1-8-9-10-11-22-14-15-12-16(19(2,3)4)18(21)17(13-15)20(5,6)7/h12-13,21H,8-11,14H2,1-7H3. The number of aromatic hydroxyl groups is 1. The van der Waals surface area contributed by atoms with Gasteiger partial charge in [-0.05, 0) is 46.1 Å². The summed E-state index contributed by atoms with van der Waals surface area (Å²) in [6, 6.07) is 4.20. The number of phenols is 1. The van der Waals surface area contributed by atoms with Gasteiger partial charge < -0.3 is 9.84 Å². The van der Waals surface area contributed by atoms with Crippen molar-refractivity contribution in [2.45, 2.75) is 85.2 Å². The van der Waals surface area contributed by atoms with E-state index in [4.69, 9.17) is 4.74 Å². The summed E-state index contributed by atoms with van der Waals surface area (Å²) in [5.74, 6) is 0.440. The van der Waals surface area contributed by atoms with Crippen molar-refractivity contribution in [2.75, 3.05) is 6.61 Å². The zero-order valence-corrected chi connectivity index (χ0v) is 15.5. The highest BCUT2D eigenvalue weighted by Gasteiger charge is 2.26. The molecule has 0 saturated heterocycles. The number of phenolic OH excluding ortho intramolecular Hbond substituents is 1. The van der Waals surface area contributed by atoms with E-state index in [1.165, 1.54) is 12.8 Å². The van der Waals surface area contributed by atoms with Crippen LogP contribution in [0.5, 0.6) is 5.75 Å². The van der Waals surface area contributed by atoms with Crippen LogP contribution in [0.4, 0.5) is 0 Å². The Morgan fingerprint density at radius 3 is 1.82 bits per heavy atom. The molecule has 2 nitrogen and oxygen atoms in total. The third-order valence-electron chi connectivity index (χ3n) is 3.95. The van der Waals surface area contributed by atoms with E-state index in [0.29, 0.717) is 12.4 Å². The van der Waals surface area contributed by atoms with Crippen LogP contribution in [0.3, 0.4) is 0 Å². The van der Waals surface area contributed by atoms with Gasteiger partial charge in [-0.15, -0.1) is 0 Å². The van der Waals surface area contributed by atoms with Gasteiger partial charge in [0.25, 0.3) is 0 Å². The Hall–Kier alpha value is -1.02. The molecule has 1 N–H and O–H groups in total. The van der Waals surface area contributed by atoms with Gasteiger partial charge in [0.15, 0.2) is 0 Å². The van der Waals surface area contributed by atoms with Crippen molar-refractivity contribution >= 4 is 0 Å². The van der Waals surface area contributed by atoms with Crippen LogP contribution in [0.15, 0.2) is 12.1 Å². The average Bonchev–Trinajstić information content (AvgIpc) is 2.37. The van der Waals surface area contributed by atoms with E-state index in [-0.39, 0.29) is 10.8 Å². The fourth-order valence-corrected chi connectivity index (χ4v) is 2.57. The first-order chi connectivity index (χ1) is 10.1. The van der Waals surface area contributed by atoms with Gasteiger partial charge in [0, 0.05) is 6.61 Å². The molecule has 22 heavy (non-hydrogen) atoms. The first-order valence-electron chi connectivity index (χ1n) is 8.52. The normalized spacial score (nSPS) is 12.7. The number of benzene rings is 1. The molecule has 0 aliphatic rings. The van der Waals surface area contributed by atoms with Gasteiger partial charge >= 0.3 is 0 Å². The minimum Gasteiger partial charge on any atom is -0.507 e. The molecule has 0 fully saturated rings. The summed E-state index contributed by atoms with van der Waals surface area (Å²) in [6.45, 7) is 16.5. The van der Waals surface area contributed by atoms with E-state index in [1.54, 1.807) is 0 Å². The molecule has 0 unspecified atom stereocenters. The molecule has 0 bridgehead atoms. The van der Waals surface area contributed by atoms with Crippen molar-refractivity contribution in [1.29, 1.82) is 0 Å². The van der Waals surface area contributed by atoms with E-state index >= 15 is 0 Å². The lowest BCUT2D eigenvalue weighted by Gasteiger charge is -2.28. The van der Waals surface area contributed by atoms with E-state index in [2.05, 4.69) is 60.6 Å². The van der Waals surface area contributed by atoms with Crippen LogP contribution in [0.2, 0.25) is 0 Å². The van der Waals surface area contributed by atoms with Crippen LogP contribution in [0, 0.1) is 0 Å². The molecular weight excluding hydrogens is 272 g/mol. The summed E-state index contributed by atoms with van der Waals surface area (Å²) in [5.41, 5.74) is 3.01. The van der Waals surface area contributed by atoms with Crippen molar-refractivity contribution < 1.29 is 9.84 Å². The third-order valence-corrected chi connectivity index (χ3v) is 3.95. The summed E-state index contributed by atoms with van der Waals surface area (Å²) >= 11 is 0. The molecule has 0 aliphatic carbocycles. The molecule has 0 saturated carbocycles. The molecule has 0 aromatic heterocycles. The molecule has 0 radical (unpaired) electrons. The van der Waals surface area contributed by atoms with Gasteiger partial charge in [0.1, 0.15) is 5.75 Å². The summed E-state index contributed by atoms with van der Waals surface area (Å²) < 4.78 is 5.82. The SMILES string of the molecule is CCCCCOCc1cc(C(C)(C)C)c(O)c(C(C)(C)C)c1. The maximum Gasteiger partial charge on any atom is 0.123 e. The molecule has 1 rings (SSSR count). The first kappa shape index (κ1) is 19.0. The lowest BCUT2D eigenvalue weighted by atomic mass is 9.78. The minimum atomic E-state index is -0.0810. The maximum absolute atomic E-state index is 10.7. The van der Waals surface area contributed by atoms with Crippen LogP contribution >= 0.6 is 0 Å². The summed E-state index contributed by atoms with van der Waals surface area (Å²) in [4.78, 5) is 0. The fourth-order valence-electron chi connectivity index (χ4n) is 2.57. The number of rotatable bonds is 6. The maximum atomic E-state index is 10.7. The van der Waals surface area contributed by atoms with Gasteiger partial charge in [-0.25, -0.2) is 0 Å². The second-order valence-corrected chi connectivity index (χ2v) is 8.30.